The number of nitrogens with one attached hydrogen (secondary N) is 7. The third-order valence-corrected chi connectivity index (χ3v) is 10.3. The molecular formula is C46H51N9O13. The third-order valence-electron chi connectivity index (χ3n) is 10.3. The SMILES string of the molecule is CC(C)[C@H](NC(=O)CNC(=O)CNC(=O)CNC(=O)OCC1c2ccccc2-c2ccccc21)C(=O)N[C@@H](CCCNC(N)=O)C(=O)Nc1ccc(COC(=O)Oc2ccc([N+](=O)[O-])cc2)cc1. The van der Waals surface area contributed by atoms with E-state index in [1.54, 1.807) is 26.0 Å². The minimum atomic E-state index is -1.16. The number of nitro groups is 1. The average Bonchev–Trinajstić information content (AvgIpc) is 3.64. The summed E-state index contributed by atoms with van der Waals surface area (Å²) in [6, 6.07) is 23.6. The monoisotopic (exact) mass is 937 g/mol. The van der Waals surface area contributed by atoms with E-state index in [0.29, 0.717) is 11.3 Å². The van der Waals surface area contributed by atoms with Gasteiger partial charge >= 0.3 is 18.3 Å². The fourth-order valence-corrected chi connectivity index (χ4v) is 6.91. The van der Waals surface area contributed by atoms with E-state index in [1.807, 2.05) is 48.5 Å². The quantitative estimate of drug-likeness (QED) is 0.0185. The topological polar surface area (TPSA) is 318 Å². The van der Waals surface area contributed by atoms with Gasteiger partial charge in [0.15, 0.2) is 0 Å². The first-order chi connectivity index (χ1) is 32.6. The summed E-state index contributed by atoms with van der Waals surface area (Å²) in [6.07, 6.45) is -1.60. The lowest BCUT2D eigenvalue weighted by Gasteiger charge is -2.25. The number of amides is 8. The number of primary amides is 1. The normalized spacial score (nSPS) is 12.2. The van der Waals surface area contributed by atoms with Gasteiger partial charge < -0.3 is 57.2 Å². The Kier molecular flexibility index (Phi) is 18.3. The minimum absolute atomic E-state index is 0.0401. The van der Waals surface area contributed by atoms with Crippen LogP contribution < -0.4 is 47.7 Å². The maximum absolute atomic E-state index is 13.5. The number of benzene rings is 4. The number of alkyl carbamates (subject to hydrolysis) is 1. The van der Waals surface area contributed by atoms with Gasteiger partial charge in [0.05, 0.1) is 18.0 Å². The molecule has 22 nitrogen and oxygen atoms in total. The summed E-state index contributed by atoms with van der Waals surface area (Å²) in [5, 5.41) is 28.2. The maximum atomic E-state index is 13.5. The van der Waals surface area contributed by atoms with Crippen LogP contribution in [0.4, 0.5) is 25.8 Å². The molecule has 8 amide bonds. The minimum Gasteiger partial charge on any atom is -0.449 e. The van der Waals surface area contributed by atoms with Crippen LogP contribution in [0.25, 0.3) is 11.1 Å². The van der Waals surface area contributed by atoms with E-state index in [1.165, 1.54) is 36.4 Å². The highest BCUT2D eigenvalue weighted by Gasteiger charge is 2.30. The van der Waals surface area contributed by atoms with Crippen molar-refractivity contribution in [3.05, 3.63) is 124 Å². The van der Waals surface area contributed by atoms with Crippen LogP contribution in [0.3, 0.4) is 0 Å². The number of carbonyl (C=O) groups excluding carboxylic acids is 8. The Morgan fingerprint density at radius 2 is 1.28 bits per heavy atom. The highest BCUT2D eigenvalue weighted by Crippen LogP contribution is 2.44. The number of nitro benzene ring substituents is 1. The Morgan fingerprint density at radius 1 is 0.691 bits per heavy atom. The number of carbonyl (C=O) groups is 8. The predicted molar refractivity (Wildman–Crippen MR) is 244 cm³/mol. The van der Waals surface area contributed by atoms with E-state index >= 15 is 0 Å². The number of nitrogens with zero attached hydrogens (tertiary/aromatic N) is 1. The lowest BCUT2D eigenvalue weighted by molar-refractivity contribution is -0.384. The van der Waals surface area contributed by atoms with Gasteiger partial charge in [-0.2, -0.15) is 0 Å². The van der Waals surface area contributed by atoms with E-state index in [2.05, 4.69) is 37.2 Å². The number of hydrogen-bond donors (Lipinski definition) is 8. The number of rotatable bonds is 22. The highest BCUT2D eigenvalue weighted by atomic mass is 16.7. The first-order valence-corrected chi connectivity index (χ1v) is 21.3. The van der Waals surface area contributed by atoms with Gasteiger partial charge in [-0.1, -0.05) is 74.5 Å². The summed E-state index contributed by atoms with van der Waals surface area (Å²) in [6.45, 7) is 1.68. The first-order valence-electron chi connectivity index (χ1n) is 21.3. The van der Waals surface area contributed by atoms with E-state index < -0.39 is 90.4 Å². The molecule has 0 radical (unpaired) electrons. The molecule has 0 fully saturated rings. The molecule has 4 aromatic carbocycles. The summed E-state index contributed by atoms with van der Waals surface area (Å²) in [5.74, 6) is -4.14. The Hall–Kier alpha value is -8.56. The van der Waals surface area contributed by atoms with Gasteiger partial charge in [-0.15, -0.1) is 0 Å². The van der Waals surface area contributed by atoms with Gasteiger partial charge in [-0.25, -0.2) is 14.4 Å². The summed E-state index contributed by atoms with van der Waals surface area (Å²) in [5.41, 5.74) is 9.99. The number of fused-ring (bicyclic) bond motifs is 3. The first kappa shape index (κ1) is 50.4. The second-order valence-corrected chi connectivity index (χ2v) is 15.6. The molecule has 68 heavy (non-hydrogen) atoms. The summed E-state index contributed by atoms with van der Waals surface area (Å²) in [4.78, 5) is 111. The van der Waals surface area contributed by atoms with Crippen molar-refractivity contribution in [3.8, 4) is 16.9 Å². The molecule has 5 rings (SSSR count). The standard InChI is InChI=1S/C46H51N9O13/c1-27(2)41(54-40(58)24-50-38(56)22-49-39(57)23-51-45(62)66-26-36-34-10-5-3-8-32(34)33-9-4-6-11-35(33)36)43(60)53-37(12-7-21-48-44(47)61)42(59)52-29-15-13-28(14-16-29)25-67-46(63)68-31-19-17-30(18-20-31)55(64)65/h3-6,8-11,13-20,27,36-37,41H,7,12,21-26H2,1-2H3,(H,49,57)(H,50,56)(H,51,62)(H,52,59)(H,53,60)(H,54,58)(H3,47,48,61)/t37-,41-/m0/s1. The molecule has 0 aromatic heterocycles. The second kappa shape index (κ2) is 24.7. The van der Waals surface area contributed by atoms with Gasteiger partial charge in [0.1, 0.15) is 37.6 Å². The summed E-state index contributed by atoms with van der Waals surface area (Å²) in [7, 11) is 0. The van der Waals surface area contributed by atoms with E-state index in [-0.39, 0.29) is 50.0 Å². The van der Waals surface area contributed by atoms with Crippen LogP contribution in [-0.4, -0.2) is 97.6 Å². The molecule has 0 bridgehead atoms. The Bertz CT molecular complexity index is 2440. The van der Waals surface area contributed by atoms with Crippen LogP contribution in [0.15, 0.2) is 97.1 Å². The van der Waals surface area contributed by atoms with Gasteiger partial charge in [0, 0.05) is 30.3 Å². The van der Waals surface area contributed by atoms with Crippen molar-refractivity contribution in [2.45, 2.75) is 51.3 Å². The van der Waals surface area contributed by atoms with Crippen molar-refractivity contribution in [2.75, 3.05) is 38.1 Å². The molecule has 0 heterocycles. The lowest BCUT2D eigenvalue weighted by Crippen LogP contribution is -2.56. The number of nitrogens with two attached hydrogens (primary N) is 1. The van der Waals surface area contributed by atoms with Crippen molar-refractivity contribution in [3.63, 3.8) is 0 Å². The van der Waals surface area contributed by atoms with Crippen molar-refractivity contribution < 1.29 is 57.5 Å². The van der Waals surface area contributed by atoms with Crippen molar-refractivity contribution in [1.82, 2.24) is 31.9 Å². The van der Waals surface area contributed by atoms with E-state index in [4.69, 9.17) is 19.9 Å². The number of hydrogen-bond acceptors (Lipinski definition) is 13. The lowest BCUT2D eigenvalue weighted by atomic mass is 9.98. The molecule has 0 aliphatic heterocycles. The fourth-order valence-electron chi connectivity index (χ4n) is 6.91. The molecule has 0 spiro atoms. The molecule has 4 aromatic rings. The number of ether oxygens (including phenoxy) is 3. The van der Waals surface area contributed by atoms with Gasteiger partial charge in [0.25, 0.3) is 5.69 Å². The summed E-state index contributed by atoms with van der Waals surface area (Å²) >= 11 is 0. The van der Waals surface area contributed by atoms with E-state index in [0.717, 1.165) is 22.3 Å². The smallest absolute Gasteiger partial charge is 0.449 e. The Balaban J connectivity index is 1.03. The molecule has 0 saturated carbocycles. The van der Waals surface area contributed by atoms with Crippen LogP contribution in [-0.2, 0) is 40.1 Å². The maximum Gasteiger partial charge on any atom is 0.514 e. The number of anilines is 1. The van der Waals surface area contributed by atoms with Crippen LogP contribution >= 0.6 is 0 Å². The highest BCUT2D eigenvalue weighted by molar-refractivity contribution is 5.99. The molecule has 9 N–H and O–H groups in total. The fraction of sp³-hybridized carbons (Fsp3) is 0.304. The number of non-ortho nitro benzene ring substituents is 1. The van der Waals surface area contributed by atoms with Gasteiger partial charge in [0.2, 0.25) is 29.5 Å². The molecule has 358 valence electrons. The summed E-state index contributed by atoms with van der Waals surface area (Å²) < 4.78 is 15.5. The predicted octanol–water partition coefficient (Wildman–Crippen LogP) is 3.09. The molecule has 22 heteroatoms. The van der Waals surface area contributed by atoms with Crippen LogP contribution in [0.5, 0.6) is 5.75 Å². The van der Waals surface area contributed by atoms with Crippen LogP contribution in [0, 0.1) is 16.0 Å². The van der Waals surface area contributed by atoms with Crippen LogP contribution in [0.1, 0.15) is 49.3 Å². The zero-order chi connectivity index (χ0) is 49.2. The van der Waals surface area contributed by atoms with Crippen molar-refractivity contribution in [2.24, 2.45) is 11.7 Å². The molecule has 2 atom stereocenters. The zero-order valence-corrected chi connectivity index (χ0v) is 37.0. The third kappa shape index (κ3) is 15.3. The zero-order valence-electron chi connectivity index (χ0n) is 37.0. The van der Waals surface area contributed by atoms with Gasteiger partial charge in [-0.05, 0) is 70.8 Å². The molecule has 0 saturated heterocycles. The van der Waals surface area contributed by atoms with Crippen LogP contribution in [0.2, 0.25) is 0 Å². The van der Waals surface area contributed by atoms with Crippen molar-refractivity contribution >= 4 is 59.2 Å². The largest absolute Gasteiger partial charge is 0.514 e. The number of urea groups is 1. The van der Waals surface area contributed by atoms with Gasteiger partial charge in [-0.3, -0.25) is 34.1 Å². The van der Waals surface area contributed by atoms with E-state index in [9.17, 15) is 48.5 Å². The average molecular weight is 938 g/mol. The second-order valence-electron chi connectivity index (χ2n) is 15.6. The molecule has 1 aliphatic carbocycles. The molecule has 1 aliphatic rings. The Morgan fingerprint density at radius 3 is 1.87 bits per heavy atom. The Labute approximate surface area is 389 Å². The van der Waals surface area contributed by atoms with Crippen molar-refractivity contribution in [1.29, 1.82) is 0 Å². The molecular weight excluding hydrogens is 887 g/mol. The molecule has 0 unspecified atom stereocenters.